The fraction of sp³-hybridized carbons (Fsp3) is 0.545. The van der Waals surface area contributed by atoms with Crippen LogP contribution in [-0.2, 0) is 11.3 Å². The normalized spacial score (nSPS) is 14.8. The minimum atomic E-state index is -0.0471. The van der Waals surface area contributed by atoms with Crippen LogP contribution in [0.4, 0.5) is 0 Å². The highest BCUT2D eigenvalue weighted by molar-refractivity contribution is 7.80. The molecule has 2 heterocycles. The Kier molecular flexibility index (Phi) is 8.03. The molecule has 1 aromatic heterocycles. The van der Waals surface area contributed by atoms with Crippen molar-refractivity contribution in [1.82, 2.24) is 20.1 Å². The van der Waals surface area contributed by atoms with Crippen LogP contribution in [0.1, 0.15) is 30.9 Å². The molecule has 6 nitrogen and oxygen atoms in total. The number of rotatable bonds is 8. The summed E-state index contributed by atoms with van der Waals surface area (Å²) in [6.07, 6.45) is 2.19. The second-order valence-corrected chi connectivity index (χ2v) is 8.06. The Hall–Kier alpha value is -1.96. The van der Waals surface area contributed by atoms with Crippen LogP contribution in [0.3, 0.4) is 0 Å². The number of aryl methyl sites for hydroxylation is 1. The van der Waals surface area contributed by atoms with Gasteiger partial charge in [-0.05, 0) is 49.1 Å². The predicted molar refractivity (Wildman–Crippen MR) is 122 cm³/mol. The minimum Gasteiger partial charge on any atom is -0.379 e. The van der Waals surface area contributed by atoms with Crippen molar-refractivity contribution in [2.45, 2.75) is 33.2 Å². The molecule has 0 saturated carbocycles. The summed E-state index contributed by atoms with van der Waals surface area (Å²) in [6, 6.07) is 8.07. The van der Waals surface area contributed by atoms with E-state index in [-0.39, 0.29) is 5.56 Å². The largest absolute Gasteiger partial charge is 0.379 e. The van der Waals surface area contributed by atoms with Crippen LogP contribution in [0.15, 0.2) is 29.1 Å². The lowest BCUT2D eigenvalue weighted by molar-refractivity contribution is 0.0357. The van der Waals surface area contributed by atoms with Crippen molar-refractivity contribution in [2.24, 2.45) is 0 Å². The van der Waals surface area contributed by atoms with Crippen molar-refractivity contribution in [1.29, 1.82) is 0 Å². The average Bonchev–Trinajstić information content (AvgIpc) is 2.72. The van der Waals surface area contributed by atoms with Crippen molar-refractivity contribution in [2.75, 3.05) is 45.9 Å². The number of thiocarbonyl (C=S) groups is 1. The number of aromatic amines is 1. The number of hydrogen-bond acceptors (Lipinski definition) is 4. The molecule has 0 amide bonds. The van der Waals surface area contributed by atoms with Crippen LogP contribution in [0, 0.1) is 6.92 Å². The maximum Gasteiger partial charge on any atom is 0.253 e. The molecule has 1 saturated heterocycles. The van der Waals surface area contributed by atoms with E-state index in [0.717, 1.165) is 80.4 Å². The second-order valence-electron chi connectivity index (χ2n) is 7.68. The Morgan fingerprint density at radius 3 is 2.86 bits per heavy atom. The van der Waals surface area contributed by atoms with E-state index in [4.69, 9.17) is 17.0 Å². The number of aromatic nitrogens is 1. The zero-order valence-corrected chi connectivity index (χ0v) is 18.3. The molecule has 0 unspecified atom stereocenters. The number of nitrogens with one attached hydrogen (secondary N) is 2. The number of pyridine rings is 1. The SMILES string of the molecule is CCCCNC(=S)N(CCN1CCOCC1)Cc1cc2cc(C)ccc2[nH]c1=O. The summed E-state index contributed by atoms with van der Waals surface area (Å²) in [4.78, 5) is 20.2. The number of ether oxygens (including phenoxy) is 1. The number of morpholine rings is 1. The quantitative estimate of drug-likeness (QED) is 0.510. The molecule has 7 heteroatoms. The highest BCUT2D eigenvalue weighted by Crippen LogP contribution is 2.14. The molecule has 0 spiro atoms. The van der Waals surface area contributed by atoms with E-state index in [2.05, 4.69) is 40.0 Å². The number of hydrogen-bond donors (Lipinski definition) is 2. The molecule has 1 fully saturated rings. The Morgan fingerprint density at radius 1 is 1.31 bits per heavy atom. The number of nitrogens with zero attached hydrogens (tertiary/aromatic N) is 2. The van der Waals surface area contributed by atoms with Crippen LogP contribution in [0.5, 0.6) is 0 Å². The fourth-order valence-corrected chi connectivity index (χ4v) is 3.78. The molecule has 1 aliphatic heterocycles. The fourth-order valence-electron chi connectivity index (χ4n) is 3.52. The third kappa shape index (κ3) is 6.26. The van der Waals surface area contributed by atoms with E-state index in [0.29, 0.717) is 6.54 Å². The van der Waals surface area contributed by atoms with Gasteiger partial charge in [0.2, 0.25) is 0 Å². The maximum absolute atomic E-state index is 12.7. The van der Waals surface area contributed by atoms with Gasteiger partial charge in [0.05, 0.1) is 19.8 Å². The van der Waals surface area contributed by atoms with E-state index in [1.54, 1.807) is 0 Å². The minimum absolute atomic E-state index is 0.0471. The van der Waals surface area contributed by atoms with Crippen molar-refractivity contribution in [3.8, 4) is 0 Å². The van der Waals surface area contributed by atoms with E-state index < -0.39 is 0 Å². The smallest absolute Gasteiger partial charge is 0.253 e. The lowest BCUT2D eigenvalue weighted by Gasteiger charge is -2.31. The molecular weight excluding hydrogens is 384 g/mol. The third-order valence-corrected chi connectivity index (χ3v) is 5.72. The maximum atomic E-state index is 12.7. The summed E-state index contributed by atoms with van der Waals surface area (Å²) in [5.41, 5.74) is 2.74. The van der Waals surface area contributed by atoms with Gasteiger partial charge >= 0.3 is 0 Å². The molecule has 2 aromatic rings. The summed E-state index contributed by atoms with van der Waals surface area (Å²) in [7, 11) is 0. The monoisotopic (exact) mass is 416 g/mol. The van der Waals surface area contributed by atoms with Crippen molar-refractivity contribution < 1.29 is 4.74 Å². The highest BCUT2D eigenvalue weighted by atomic mass is 32.1. The first kappa shape index (κ1) is 21.7. The zero-order valence-electron chi connectivity index (χ0n) is 17.5. The molecule has 0 atom stereocenters. The molecule has 158 valence electrons. The molecule has 1 aliphatic rings. The average molecular weight is 417 g/mol. The molecule has 0 radical (unpaired) electrons. The van der Waals surface area contributed by atoms with Gasteiger partial charge in [0.25, 0.3) is 5.56 Å². The van der Waals surface area contributed by atoms with E-state index in [9.17, 15) is 4.79 Å². The third-order valence-electron chi connectivity index (χ3n) is 5.32. The Morgan fingerprint density at radius 2 is 2.10 bits per heavy atom. The first-order chi connectivity index (χ1) is 14.1. The van der Waals surface area contributed by atoms with Gasteiger partial charge in [-0.1, -0.05) is 25.0 Å². The predicted octanol–water partition coefficient (Wildman–Crippen LogP) is 2.65. The van der Waals surface area contributed by atoms with Crippen LogP contribution in [0.2, 0.25) is 0 Å². The molecule has 2 N–H and O–H groups in total. The standard InChI is InChI=1S/C22H32N4O2S/c1-3-4-7-23-22(29)26(9-8-25-10-12-28-13-11-25)16-19-15-18-14-17(2)5-6-20(18)24-21(19)27/h5-6,14-15H,3-4,7-13,16H2,1-2H3,(H,23,29)(H,24,27). The highest BCUT2D eigenvalue weighted by Gasteiger charge is 2.16. The molecular formula is C22H32N4O2S. The first-order valence-corrected chi connectivity index (χ1v) is 10.9. The Balaban J connectivity index is 1.75. The lowest BCUT2D eigenvalue weighted by Crippen LogP contribution is -2.46. The number of benzene rings is 1. The zero-order chi connectivity index (χ0) is 20.6. The molecule has 0 aliphatic carbocycles. The van der Waals surface area contributed by atoms with Gasteiger partial charge in [-0.15, -0.1) is 0 Å². The second kappa shape index (κ2) is 10.7. The Bertz CT molecular complexity index is 877. The van der Waals surface area contributed by atoms with Gasteiger partial charge in [0.1, 0.15) is 0 Å². The van der Waals surface area contributed by atoms with Gasteiger partial charge in [0, 0.05) is 43.8 Å². The van der Waals surface area contributed by atoms with Crippen LogP contribution in [-0.4, -0.2) is 65.8 Å². The van der Waals surface area contributed by atoms with Crippen LogP contribution < -0.4 is 10.9 Å². The van der Waals surface area contributed by atoms with Crippen LogP contribution >= 0.6 is 12.2 Å². The number of H-pyrrole nitrogens is 1. The van der Waals surface area contributed by atoms with Crippen molar-refractivity contribution >= 4 is 28.2 Å². The van der Waals surface area contributed by atoms with E-state index in [1.807, 2.05) is 18.2 Å². The van der Waals surface area contributed by atoms with Crippen molar-refractivity contribution in [3.05, 3.63) is 45.7 Å². The number of unbranched alkanes of at least 4 members (excludes halogenated alkanes) is 1. The van der Waals surface area contributed by atoms with Gasteiger partial charge in [-0.25, -0.2) is 0 Å². The molecule has 3 rings (SSSR count). The van der Waals surface area contributed by atoms with Gasteiger partial charge in [-0.2, -0.15) is 0 Å². The van der Waals surface area contributed by atoms with Gasteiger partial charge < -0.3 is 19.9 Å². The first-order valence-electron chi connectivity index (χ1n) is 10.5. The molecule has 0 bridgehead atoms. The topological polar surface area (TPSA) is 60.6 Å². The van der Waals surface area contributed by atoms with Crippen LogP contribution in [0.25, 0.3) is 10.9 Å². The Labute approximate surface area is 178 Å². The molecule has 29 heavy (non-hydrogen) atoms. The summed E-state index contributed by atoms with van der Waals surface area (Å²) in [6.45, 7) is 10.7. The molecule has 1 aromatic carbocycles. The van der Waals surface area contributed by atoms with Gasteiger partial charge in [-0.3, -0.25) is 9.69 Å². The summed E-state index contributed by atoms with van der Waals surface area (Å²) in [5.74, 6) is 0. The van der Waals surface area contributed by atoms with Gasteiger partial charge in [0.15, 0.2) is 5.11 Å². The summed E-state index contributed by atoms with van der Waals surface area (Å²) in [5, 5.41) is 5.13. The van der Waals surface area contributed by atoms with E-state index in [1.165, 1.54) is 5.56 Å². The van der Waals surface area contributed by atoms with E-state index >= 15 is 0 Å². The van der Waals surface area contributed by atoms with Crippen molar-refractivity contribution in [3.63, 3.8) is 0 Å². The summed E-state index contributed by atoms with van der Waals surface area (Å²) < 4.78 is 5.44. The lowest BCUT2D eigenvalue weighted by atomic mass is 10.1. The number of fused-ring (bicyclic) bond motifs is 1. The summed E-state index contributed by atoms with van der Waals surface area (Å²) >= 11 is 5.67.